The summed E-state index contributed by atoms with van der Waals surface area (Å²) in [5.41, 5.74) is 1.23. The number of hydrogen-bond acceptors (Lipinski definition) is 2. The monoisotopic (exact) mass is 125 g/mol. The number of nitrogens with zero attached hydrogens (tertiary/aromatic N) is 1. The Balaban J connectivity index is 2.85. The predicted octanol–water partition coefficient (Wildman–Crippen LogP) is 1.80. The minimum absolute atomic E-state index is 0.948. The summed E-state index contributed by atoms with van der Waals surface area (Å²) in [6.07, 6.45) is 3.76. The first kappa shape index (κ1) is 6.33. The van der Waals surface area contributed by atoms with E-state index in [0.29, 0.717) is 0 Å². The van der Waals surface area contributed by atoms with Crippen molar-refractivity contribution in [2.24, 2.45) is 0 Å². The van der Waals surface area contributed by atoms with E-state index in [0.717, 1.165) is 18.6 Å². The highest BCUT2D eigenvalue weighted by Crippen LogP contribution is 2.07. The molecular weight excluding hydrogens is 114 g/mol. The van der Waals surface area contributed by atoms with Gasteiger partial charge in [-0.2, -0.15) is 0 Å². The van der Waals surface area contributed by atoms with Gasteiger partial charge in [0.2, 0.25) is 0 Å². The van der Waals surface area contributed by atoms with E-state index in [1.54, 1.807) is 6.20 Å². The molecular formula is C7H11NO. The fourth-order valence-corrected chi connectivity index (χ4v) is 0.864. The molecule has 50 valence electrons. The van der Waals surface area contributed by atoms with Crippen LogP contribution in [0.4, 0.5) is 0 Å². The van der Waals surface area contributed by atoms with Gasteiger partial charge >= 0.3 is 0 Å². The highest BCUT2D eigenvalue weighted by molar-refractivity contribution is 5.12. The van der Waals surface area contributed by atoms with Crippen molar-refractivity contribution >= 4 is 0 Å². The van der Waals surface area contributed by atoms with E-state index >= 15 is 0 Å². The first-order valence-corrected chi connectivity index (χ1v) is 3.30. The second-order valence-electron chi connectivity index (χ2n) is 1.98. The molecule has 0 aliphatic heterocycles. The van der Waals surface area contributed by atoms with Crippen LogP contribution in [0.5, 0.6) is 0 Å². The maximum absolute atomic E-state index is 4.95. The van der Waals surface area contributed by atoms with E-state index in [1.807, 2.05) is 0 Å². The largest absolute Gasteiger partial charge is 0.361 e. The molecule has 0 atom stereocenters. The van der Waals surface area contributed by atoms with Crippen molar-refractivity contribution in [3.63, 3.8) is 0 Å². The van der Waals surface area contributed by atoms with Crippen molar-refractivity contribution in [2.45, 2.75) is 26.7 Å². The van der Waals surface area contributed by atoms with Crippen LogP contribution in [0, 0.1) is 0 Å². The van der Waals surface area contributed by atoms with Gasteiger partial charge in [0.05, 0.1) is 6.20 Å². The Kier molecular flexibility index (Phi) is 1.88. The molecule has 1 rings (SSSR count). The summed E-state index contributed by atoms with van der Waals surface area (Å²) in [4.78, 5) is 0. The van der Waals surface area contributed by atoms with Crippen molar-refractivity contribution in [1.82, 2.24) is 5.16 Å². The molecule has 2 heteroatoms. The summed E-state index contributed by atoms with van der Waals surface area (Å²) in [5, 5.41) is 3.69. The molecule has 0 fully saturated rings. The quantitative estimate of drug-likeness (QED) is 0.602. The van der Waals surface area contributed by atoms with Gasteiger partial charge in [-0.3, -0.25) is 0 Å². The third kappa shape index (κ3) is 1.12. The van der Waals surface area contributed by atoms with Crippen LogP contribution in [0.15, 0.2) is 10.7 Å². The van der Waals surface area contributed by atoms with Crippen LogP contribution in [0.1, 0.15) is 25.2 Å². The average Bonchev–Trinajstić information content (AvgIpc) is 2.33. The molecule has 0 radical (unpaired) electrons. The van der Waals surface area contributed by atoms with E-state index in [2.05, 4.69) is 19.0 Å². The van der Waals surface area contributed by atoms with Crippen molar-refractivity contribution < 1.29 is 4.52 Å². The van der Waals surface area contributed by atoms with Gasteiger partial charge < -0.3 is 4.52 Å². The second kappa shape index (κ2) is 2.67. The molecule has 2 nitrogen and oxygen atoms in total. The molecule has 0 spiro atoms. The molecule has 1 heterocycles. The number of hydrogen-bond donors (Lipinski definition) is 0. The minimum atomic E-state index is 0.948. The molecule has 9 heavy (non-hydrogen) atoms. The van der Waals surface area contributed by atoms with Crippen molar-refractivity contribution in [3.05, 3.63) is 17.5 Å². The Morgan fingerprint density at radius 3 is 2.67 bits per heavy atom. The van der Waals surface area contributed by atoms with Crippen LogP contribution in [0.3, 0.4) is 0 Å². The number of aromatic nitrogens is 1. The SMILES string of the molecule is CCc1cnoc1CC. The molecule has 1 aromatic heterocycles. The van der Waals surface area contributed by atoms with Gasteiger partial charge in [0.25, 0.3) is 0 Å². The lowest BCUT2D eigenvalue weighted by Crippen LogP contribution is -1.81. The van der Waals surface area contributed by atoms with Gasteiger partial charge in [-0.25, -0.2) is 0 Å². The third-order valence-electron chi connectivity index (χ3n) is 1.43. The predicted molar refractivity (Wildman–Crippen MR) is 35.3 cm³/mol. The first-order valence-electron chi connectivity index (χ1n) is 3.30. The van der Waals surface area contributed by atoms with Crippen molar-refractivity contribution in [1.29, 1.82) is 0 Å². The molecule has 0 saturated carbocycles. The zero-order valence-electron chi connectivity index (χ0n) is 5.85. The average molecular weight is 125 g/mol. The van der Waals surface area contributed by atoms with Crippen LogP contribution in [0.25, 0.3) is 0 Å². The summed E-state index contributed by atoms with van der Waals surface area (Å²) in [7, 11) is 0. The fraction of sp³-hybridized carbons (Fsp3) is 0.571. The molecule has 0 aliphatic carbocycles. The van der Waals surface area contributed by atoms with Gasteiger partial charge in [-0.05, 0) is 6.42 Å². The van der Waals surface area contributed by atoms with Crippen LogP contribution in [-0.2, 0) is 12.8 Å². The summed E-state index contributed by atoms with van der Waals surface area (Å²) in [6, 6.07) is 0. The van der Waals surface area contributed by atoms with Crippen LogP contribution in [-0.4, -0.2) is 5.16 Å². The number of aryl methyl sites for hydroxylation is 2. The lowest BCUT2D eigenvalue weighted by molar-refractivity contribution is 0.385. The van der Waals surface area contributed by atoms with Gasteiger partial charge in [0, 0.05) is 12.0 Å². The zero-order chi connectivity index (χ0) is 6.69. The summed E-state index contributed by atoms with van der Waals surface area (Å²) < 4.78 is 4.95. The van der Waals surface area contributed by atoms with Crippen molar-refractivity contribution in [2.75, 3.05) is 0 Å². The summed E-state index contributed by atoms with van der Waals surface area (Å²) in [5.74, 6) is 1.03. The van der Waals surface area contributed by atoms with E-state index in [-0.39, 0.29) is 0 Å². The molecule has 0 aromatic carbocycles. The maximum Gasteiger partial charge on any atom is 0.139 e. The smallest absolute Gasteiger partial charge is 0.139 e. The van der Waals surface area contributed by atoms with Gasteiger partial charge in [-0.15, -0.1) is 0 Å². The molecule has 0 saturated heterocycles. The van der Waals surface area contributed by atoms with Gasteiger partial charge in [-0.1, -0.05) is 19.0 Å². The lowest BCUT2D eigenvalue weighted by Gasteiger charge is -1.88. The van der Waals surface area contributed by atoms with E-state index in [9.17, 15) is 0 Å². The Morgan fingerprint density at radius 2 is 2.22 bits per heavy atom. The zero-order valence-corrected chi connectivity index (χ0v) is 5.85. The Morgan fingerprint density at radius 1 is 1.44 bits per heavy atom. The maximum atomic E-state index is 4.95. The number of rotatable bonds is 2. The Hall–Kier alpha value is -0.790. The van der Waals surface area contributed by atoms with Gasteiger partial charge in [0.15, 0.2) is 0 Å². The molecule has 1 aromatic rings. The topological polar surface area (TPSA) is 26.0 Å². The molecule has 0 unspecified atom stereocenters. The highest BCUT2D eigenvalue weighted by Gasteiger charge is 2.00. The van der Waals surface area contributed by atoms with E-state index in [4.69, 9.17) is 4.52 Å². The van der Waals surface area contributed by atoms with Crippen LogP contribution < -0.4 is 0 Å². The lowest BCUT2D eigenvalue weighted by atomic mass is 10.2. The summed E-state index contributed by atoms with van der Waals surface area (Å²) in [6.45, 7) is 4.17. The standard InChI is InChI=1S/C7H11NO/c1-3-6-5-8-9-7(6)4-2/h5H,3-4H2,1-2H3. The van der Waals surface area contributed by atoms with Gasteiger partial charge in [0.1, 0.15) is 5.76 Å². The van der Waals surface area contributed by atoms with Crippen LogP contribution in [0.2, 0.25) is 0 Å². The first-order chi connectivity index (χ1) is 4.38. The Bertz CT molecular complexity index is 162. The van der Waals surface area contributed by atoms with Crippen molar-refractivity contribution in [3.8, 4) is 0 Å². The summed E-state index contributed by atoms with van der Waals surface area (Å²) >= 11 is 0. The van der Waals surface area contributed by atoms with Crippen LogP contribution >= 0.6 is 0 Å². The fourth-order valence-electron chi connectivity index (χ4n) is 0.864. The molecule has 0 bridgehead atoms. The highest BCUT2D eigenvalue weighted by atomic mass is 16.5. The third-order valence-corrected chi connectivity index (χ3v) is 1.43. The van der Waals surface area contributed by atoms with E-state index < -0.39 is 0 Å². The normalized spacial score (nSPS) is 10.0. The molecule has 0 aliphatic rings. The molecule has 0 N–H and O–H groups in total. The van der Waals surface area contributed by atoms with E-state index in [1.165, 1.54) is 5.56 Å². The second-order valence-corrected chi connectivity index (χ2v) is 1.98. The minimum Gasteiger partial charge on any atom is -0.361 e. The molecule has 0 amide bonds. The Labute approximate surface area is 54.9 Å².